The maximum absolute atomic E-state index is 5.82. The number of hydrogen-bond acceptors (Lipinski definition) is 4. The number of hydrogen-bond donors (Lipinski definition) is 1. The number of aromatic nitrogens is 3. The van der Waals surface area contributed by atoms with Gasteiger partial charge in [-0.05, 0) is 31.9 Å². The maximum atomic E-state index is 5.82. The molecule has 96 valence electrons. The SMILES string of the molecule is CC1CCC(c2nc3nc(N(C)C)ccc3[nH]2)O1. The van der Waals surface area contributed by atoms with Crippen LogP contribution in [0.15, 0.2) is 12.1 Å². The first-order chi connectivity index (χ1) is 8.63. The summed E-state index contributed by atoms with van der Waals surface area (Å²) in [5, 5.41) is 0. The number of nitrogens with one attached hydrogen (secondary N) is 1. The summed E-state index contributed by atoms with van der Waals surface area (Å²) >= 11 is 0. The molecule has 2 aromatic heterocycles. The Kier molecular flexibility index (Phi) is 2.70. The highest BCUT2D eigenvalue weighted by atomic mass is 16.5. The van der Waals surface area contributed by atoms with Crippen LogP contribution in [0, 0.1) is 0 Å². The maximum Gasteiger partial charge on any atom is 0.179 e. The van der Waals surface area contributed by atoms with E-state index in [0.29, 0.717) is 6.10 Å². The van der Waals surface area contributed by atoms with Crippen molar-refractivity contribution >= 4 is 17.0 Å². The van der Waals surface area contributed by atoms with Crippen LogP contribution >= 0.6 is 0 Å². The van der Waals surface area contributed by atoms with Gasteiger partial charge in [-0.25, -0.2) is 9.97 Å². The monoisotopic (exact) mass is 246 g/mol. The highest BCUT2D eigenvalue weighted by Crippen LogP contribution is 2.31. The van der Waals surface area contributed by atoms with Gasteiger partial charge < -0.3 is 14.6 Å². The van der Waals surface area contributed by atoms with E-state index in [2.05, 4.69) is 21.9 Å². The fourth-order valence-corrected chi connectivity index (χ4v) is 2.31. The van der Waals surface area contributed by atoms with Crippen molar-refractivity contribution in [3.8, 4) is 0 Å². The number of H-pyrrole nitrogens is 1. The molecule has 0 aromatic carbocycles. The molecule has 2 unspecified atom stereocenters. The molecule has 0 spiro atoms. The number of fused-ring (bicyclic) bond motifs is 1. The van der Waals surface area contributed by atoms with E-state index in [9.17, 15) is 0 Å². The molecule has 0 radical (unpaired) electrons. The number of imidazole rings is 1. The summed E-state index contributed by atoms with van der Waals surface area (Å²) in [6, 6.07) is 4.01. The highest BCUT2D eigenvalue weighted by molar-refractivity contribution is 5.73. The number of pyridine rings is 1. The molecular weight excluding hydrogens is 228 g/mol. The van der Waals surface area contributed by atoms with Crippen molar-refractivity contribution in [2.24, 2.45) is 0 Å². The molecule has 1 aliphatic rings. The third-order valence-electron chi connectivity index (χ3n) is 3.34. The van der Waals surface area contributed by atoms with Gasteiger partial charge in [-0.3, -0.25) is 0 Å². The van der Waals surface area contributed by atoms with Gasteiger partial charge in [0.25, 0.3) is 0 Å². The van der Waals surface area contributed by atoms with Crippen molar-refractivity contribution in [1.29, 1.82) is 0 Å². The van der Waals surface area contributed by atoms with Gasteiger partial charge in [0.05, 0.1) is 11.6 Å². The van der Waals surface area contributed by atoms with Gasteiger partial charge in [0, 0.05) is 14.1 Å². The van der Waals surface area contributed by atoms with Crippen LogP contribution in [-0.2, 0) is 4.74 Å². The minimum atomic E-state index is 0.0945. The molecule has 0 aliphatic carbocycles. The topological polar surface area (TPSA) is 54.0 Å². The Balaban J connectivity index is 1.95. The van der Waals surface area contributed by atoms with Gasteiger partial charge in [0.1, 0.15) is 17.7 Å². The Hall–Kier alpha value is -1.62. The lowest BCUT2D eigenvalue weighted by Crippen LogP contribution is -2.10. The molecular formula is C13H18N4O. The molecule has 5 nitrogen and oxygen atoms in total. The van der Waals surface area contributed by atoms with E-state index in [4.69, 9.17) is 4.74 Å². The smallest absolute Gasteiger partial charge is 0.179 e. The summed E-state index contributed by atoms with van der Waals surface area (Å²) in [5.41, 5.74) is 1.73. The Labute approximate surface area is 106 Å². The van der Waals surface area contributed by atoms with Gasteiger partial charge in [-0.15, -0.1) is 0 Å². The fourth-order valence-electron chi connectivity index (χ4n) is 2.31. The van der Waals surface area contributed by atoms with Crippen molar-refractivity contribution in [3.05, 3.63) is 18.0 Å². The first-order valence-corrected chi connectivity index (χ1v) is 6.33. The normalized spacial score (nSPS) is 23.7. The lowest BCUT2D eigenvalue weighted by Gasteiger charge is -2.09. The number of anilines is 1. The molecule has 1 N–H and O–H groups in total. The van der Waals surface area contributed by atoms with E-state index in [1.807, 2.05) is 31.1 Å². The van der Waals surface area contributed by atoms with E-state index < -0.39 is 0 Å². The van der Waals surface area contributed by atoms with Crippen LogP contribution in [0.25, 0.3) is 11.2 Å². The van der Waals surface area contributed by atoms with Crippen LogP contribution < -0.4 is 4.90 Å². The molecule has 1 aliphatic heterocycles. The second-order valence-corrected chi connectivity index (χ2v) is 5.07. The van der Waals surface area contributed by atoms with E-state index in [1.54, 1.807) is 0 Å². The Morgan fingerprint density at radius 1 is 1.28 bits per heavy atom. The average Bonchev–Trinajstić information content (AvgIpc) is 2.93. The van der Waals surface area contributed by atoms with E-state index in [-0.39, 0.29) is 6.10 Å². The summed E-state index contributed by atoms with van der Waals surface area (Å²) in [7, 11) is 3.95. The van der Waals surface area contributed by atoms with Gasteiger partial charge in [0.2, 0.25) is 0 Å². The molecule has 3 rings (SSSR count). The second-order valence-electron chi connectivity index (χ2n) is 5.07. The van der Waals surface area contributed by atoms with Gasteiger partial charge in [-0.1, -0.05) is 0 Å². The first kappa shape index (κ1) is 11.5. The van der Waals surface area contributed by atoms with Gasteiger partial charge in [-0.2, -0.15) is 0 Å². The van der Waals surface area contributed by atoms with Crippen LogP contribution in [0.3, 0.4) is 0 Å². The first-order valence-electron chi connectivity index (χ1n) is 6.33. The average molecular weight is 246 g/mol. The van der Waals surface area contributed by atoms with Crippen molar-refractivity contribution < 1.29 is 4.74 Å². The van der Waals surface area contributed by atoms with Crippen LogP contribution in [0.4, 0.5) is 5.82 Å². The standard InChI is InChI=1S/C13H18N4O/c1-8-4-6-10(18-8)13-14-9-5-7-11(17(2)3)15-12(9)16-13/h5,7-8,10H,4,6H2,1-3H3,(H,14,15,16). The molecule has 18 heavy (non-hydrogen) atoms. The van der Waals surface area contributed by atoms with Crippen molar-refractivity contribution in [3.63, 3.8) is 0 Å². The zero-order chi connectivity index (χ0) is 12.7. The predicted octanol–water partition coefficient (Wildman–Crippen LogP) is 2.26. The predicted molar refractivity (Wildman–Crippen MR) is 70.7 cm³/mol. The summed E-state index contributed by atoms with van der Waals surface area (Å²) in [6.45, 7) is 2.10. The Bertz CT molecular complexity index is 563. The molecule has 0 amide bonds. The Morgan fingerprint density at radius 3 is 2.78 bits per heavy atom. The number of aromatic amines is 1. The minimum Gasteiger partial charge on any atom is -0.367 e. The quantitative estimate of drug-likeness (QED) is 0.883. The van der Waals surface area contributed by atoms with Crippen LogP contribution in [0.2, 0.25) is 0 Å². The molecule has 0 saturated carbocycles. The molecule has 3 heterocycles. The lowest BCUT2D eigenvalue weighted by molar-refractivity contribution is 0.0510. The van der Waals surface area contributed by atoms with Crippen LogP contribution in [-0.4, -0.2) is 35.2 Å². The summed E-state index contributed by atoms with van der Waals surface area (Å²) in [6.07, 6.45) is 2.55. The number of ether oxygens (including phenoxy) is 1. The molecule has 0 bridgehead atoms. The van der Waals surface area contributed by atoms with Crippen LogP contribution in [0.5, 0.6) is 0 Å². The fraction of sp³-hybridized carbons (Fsp3) is 0.538. The largest absolute Gasteiger partial charge is 0.367 e. The number of rotatable bonds is 2. The van der Waals surface area contributed by atoms with E-state index >= 15 is 0 Å². The zero-order valence-corrected chi connectivity index (χ0v) is 11.0. The summed E-state index contributed by atoms with van der Waals surface area (Å²) in [4.78, 5) is 14.3. The molecule has 1 saturated heterocycles. The number of nitrogens with zero attached hydrogens (tertiary/aromatic N) is 3. The molecule has 2 atom stereocenters. The van der Waals surface area contributed by atoms with Crippen molar-refractivity contribution in [2.75, 3.05) is 19.0 Å². The van der Waals surface area contributed by atoms with Gasteiger partial charge in [0.15, 0.2) is 5.65 Å². The molecule has 5 heteroatoms. The Morgan fingerprint density at radius 2 is 2.11 bits per heavy atom. The third kappa shape index (κ3) is 1.95. The minimum absolute atomic E-state index is 0.0945. The van der Waals surface area contributed by atoms with Crippen LogP contribution in [0.1, 0.15) is 31.7 Å². The van der Waals surface area contributed by atoms with Gasteiger partial charge >= 0.3 is 0 Å². The van der Waals surface area contributed by atoms with E-state index in [0.717, 1.165) is 35.6 Å². The summed E-state index contributed by atoms with van der Waals surface area (Å²) in [5.74, 6) is 1.82. The van der Waals surface area contributed by atoms with E-state index in [1.165, 1.54) is 0 Å². The summed E-state index contributed by atoms with van der Waals surface area (Å²) < 4.78 is 5.82. The zero-order valence-electron chi connectivity index (χ0n) is 11.0. The highest BCUT2D eigenvalue weighted by Gasteiger charge is 2.26. The lowest BCUT2D eigenvalue weighted by atomic mass is 10.2. The second kappa shape index (κ2) is 4.24. The third-order valence-corrected chi connectivity index (χ3v) is 3.34. The van der Waals surface area contributed by atoms with Crippen molar-refractivity contribution in [1.82, 2.24) is 15.0 Å². The molecule has 2 aromatic rings. The molecule has 1 fully saturated rings. The van der Waals surface area contributed by atoms with Crippen molar-refractivity contribution in [2.45, 2.75) is 32.0 Å².